The summed E-state index contributed by atoms with van der Waals surface area (Å²) in [6.45, 7) is 6.01. The molecule has 156 valence electrons. The van der Waals surface area contributed by atoms with E-state index in [0.717, 1.165) is 42.2 Å². The van der Waals surface area contributed by atoms with Crippen LogP contribution in [0, 0.1) is 12.8 Å². The Bertz CT molecular complexity index is 950. The van der Waals surface area contributed by atoms with Gasteiger partial charge >= 0.3 is 0 Å². The number of likely N-dealkylation sites (tertiary alicyclic amines) is 1. The maximum atomic E-state index is 12.6. The highest BCUT2D eigenvalue weighted by atomic mass is 32.1. The number of carbonyl (C=O) groups excluding carboxylic acids is 1. The second-order valence-corrected chi connectivity index (χ2v) is 9.12. The fourth-order valence-corrected chi connectivity index (χ4v) is 4.86. The molecule has 0 unspecified atom stereocenters. The molecule has 5 nitrogen and oxygen atoms in total. The first-order valence-corrected chi connectivity index (χ1v) is 11.4. The first-order valence-electron chi connectivity index (χ1n) is 10.6. The summed E-state index contributed by atoms with van der Waals surface area (Å²) in [5, 5.41) is 3.60. The minimum Gasteiger partial charge on any atom is -0.350 e. The lowest BCUT2D eigenvalue weighted by atomic mass is 9.93. The number of pyridine rings is 1. The van der Waals surface area contributed by atoms with Crippen LogP contribution in [0.2, 0.25) is 0 Å². The molecular formula is C24H28N4OS. The van der Waals surface area contributed by atoms with Crippen LogP contribution in [0.25, 0.3) is 11.3 Å². The number of nitrogens with zero attached hydrogens (tertiary/aromatic N) is 3. The fourth-order valence-electron chi connectivity index (χ4n) is 4.00. The van der Waals surface area contributed by atoms with Crippen LogP contribution >= 0.6 is 11.3 Å². The smallest absolute Gasteiger partial charge is 0.280 e. The zero-order valence-corrected chi connectivity index (χ0v) is 18.2. The Hall–Kier alpha value is -2.57. The summed E-state index contributed by atoms with van der Waals surface area (Å²) >= 11 is 1.45. The molecule has 2 aromatic heterocycles. The Kier molecular flexibility index (Phi) is 6.87. The monoisotopic (exact) mass is 420 g/mol. The van der Waals surface area contributed by atoms with Crippen LogP contribution in [0.3, 0.4) is 0 Å². The molecule has 6 heteroatoms. The van der Waals surface area contributed by atoms with Gasteiger partial charge in [-0.25, -0.2) is 4.98 Å². The first-order chi connectivity index (χ1) is 14.7. The third kappa shape index (κ3) is 5.32. The third-order valence-corrected chi connectivity index (χ3v) is 6.69. The summed E-state index contributed by atoms with van der Waals surface area (Å²) < 4.78 is 0. The minimum atomic E-state index is -0.0697. The molecule has 0 bridgehead atoms. The van der Waals surface area contributed by atoms with Crippen LogP contribution in [0.15, 0.2) is 54.9 Å². The quantitative estimate of drug-likeness (QED) is 0.609. The van der Waals surface area contributed by atoms with E-state index in [4.69, 9.17) is 0 Å². The van der Waals surface area contributed by atoms with Crippen molar-refractivity contribution < 1.29 is 4.79 Å². The van der Waals surface area contributed by atoms with Crippen molar-refractivity contribution in [1.29, 1.82) is 0 Å². The average Bonchev–Trinajstić information content (AvgIpc) is 3.18. The molecular weight excluding hydrogens is 392 g/mol. The van der Waals surface area contributed by atoms with Gasteiger partial charge in [-0.2, -0.15) is 0 Å². The van der Waals surface area contributed by atoms with Gasteiger partial charge in [0.1, 0.15) is 0 Å². The summed E-state index contributed by atoms with van der Waals surface area (Å²) in [5.41, 5.74) is 3.18. The average molecular weight is 421 g/mol. The number of thiazole rings is 1. The normalized spacial score (nSPS) is 15.2. The van der Waals surface area contributed by atoms with Crippen molar-refractivity contribution in [3.8, 4) is 11.3 Å². The molecule has 0 spiro atoms. The lowest BCUT2D eigenvalue weighted by Gasteiger charge is -2.32. The summed E-state index contributed by atoms with van der Waals surface area (Å²) in [6, 6.07) is 14.5. The van der Waals surface area contributed by atoms with E-state index in [1.54, 1.807) is 12.4 Å². The SMILES string of the molecule is Cc1sc(C(=O)NCCC2CCN(Cc3ccccc3)CC2)nc1-c1cccnc1. The number of aryl methyl sites for hydroxylation is 1. The minimum absolute atomic E-state index is 0.0697. The lowest BCUT2D eigenvalue weighted by molar-refractivity contribution is 0.0947. The van der Waals surface area contributed by atoms with Crippen LogP contribution in [-0.2, 0) is 6.54 Å². The molecule has 30 heavy (non-hydrogen) atoms. The maximum Gasteiger partial charge on any atom is 0.280 e. The molecule has 0 atom stereocenters. The Morgan fingerprint density at radius 3 is 2.70 bits per heavy atom. The van der Waals surface area contributed by atoms with Gasteiger partial charge in [-0.05, 0) is 62.9 Å². The zero-order valence-electron chi connectivity index (χ0n) is 17.4. The van der Waals surface area contributed by atoms with Gasteiger partial charge in [0.15, 0.2) is 5.01 Å². The van der Waals surface area contributed by atoms with Crippen molar-refractivity contribution in [3.05, 3.63) is 70.3 Å². The van der Waals surface area contributed by atoms with Gasteiger partial charge in [0.25, 0.3) is 5.91 Å². The third-order valence-electron chi connectivity index (χ3n) is 5.72. The van der Waals surface area contributed by atoms with Crippen LogP contribution in [0.5, 0.6) is 0 Å². The highest BCUT2D eigenvalue weighted by Gasteiger charge is 2.20. The number of amides is 1. The number of aromatic nitrogens is 2. The first kappa shape index (κ1) is 20.7. The van der Waals surface area contributed by atoms with E-state index < -0.39 is 0 Å². The highest BCUT2D eigenvalue weighted by molar-refractivity contribution is 7.14. The number of hydrogen-bond acceptors (Lipinski definition) is 5. The van der Waals surface area contributed by atoms with E-state index in [9.17, 15) is 4.79 Å². The van der Waals surface area contributed by atoms with E-state index in [2.05, 4.69) is 50.5 Å². The zero-order chi connectivity index (χ0) is 20.8. The Labute approximate surface area is 182 Å². The molecule has 0 aliphatic carbocycles. The number of carbonyl (C=O) groups is 1. The molecule has 0 saturated carbocycles. The number of nitrogens with one attached hydrogen (secondary N) is 1. The van der Waals surface area contributed by atoms with E-state index in [1.165, 1.54) is 29.7 Å². The highest BCUT2D eigenvalue weighted by Crippen LogP contribution is 2.27. The van der Waals surface area contributed by atoms with Gasteiger partial charge in [-0.1, -0.05) is 30.3 Å². The molecule has 1 aliphatic rings. The topological polar surface area (TPSA) is 58.1 Å². The molecule has 4 rings (SSSR count). The molecule has 3 aromatic rings. The van der Waals surface area contributed by atoms with Crippen molar-refractivity contribution in [1.82, 2.24) is 20.2 Å². The van der Waals surface area contributed by atoms with Gasteiger partial charge in [-0.3, -0.25) is 14.7 Å². The second-order valence-electron chi connectivity index (χ2n) is 7.92. The molecule has 1 saturated heterocycles. The van der Waals surface area contributed by atoms with Crippen LogP contribution < -0.4 is 5.32 Å². The molecule has 1 aliphatic heterocycles. The maximum absolute atomic E-state index is 12.6. The Balaban J connectivity index is 1.21. The summed E-state index contributed by atoms with van der Waals surface area (Å²) in [4.78, 5) is 24.8. The molecule has 1 fully saturated rings. The van der Waals surface area contributed by atoms with Crippen molar-refractivity contribution in [2.45, 2.75) is 32.7 Å². The fraction of sp³-hybridized carbons (Fsp3) is 0.375. The van der Waals surface area contributed by atoms with Crippen molar-refractivity contribution >= 4 is 17.2 Å². The van der Waals surface area contributed by atoms with Gasteiger partial charge in [-0.15, -0.1) is 11.3 Å². The number of piperidine rings is 1. The van der Waals surface area contributed by atoms with Crippen LogP contribution in [-0.4, -0.2) is 40.4 Å². The number of benzene rings is 1. The van der Waals surface area contributed by atoms with Gasteiger partial charge in [0, 0.05) is 35.9 Å². The van der Waals surface area contributed by atoms with E-state index in [0.29, 0.717) is 17.5 Å². The lowest BCUT2D eigenvalue weighted by Crippen LogP contribution is -2.34. The van der Waals surface area contributed by atoms with Crippen LogP contribution in [0.4, 0.5) is 0 Å². The van der Waals surface area contributed by atoms with Crippen LogP contribution in [0.1, 0.15) is 39.5 Å². The molecule has 0 radical (unpaired) electrons. The van der Waals surface area contributed by atoms with Gasteiger partial charge < -0.3 is 5.32 Å². The summed E-state index contributed by atoms with van der Waals surface area (Å²) in [7, 11) is 0. The molecule has 1 N–H and O–H groups in total. The Morgan fingerprint density at radius 1 is 1.17 bits per heavy atom. The van der Waals surface area contributed by atoms with Crippen molar-refractivity contribution in [3.63, 3.8) is 0 Å². The predicted molar refractivity (Wildman–Crippen MR) is 121 cm³/mol. The summed E-state index contributed by atoms with van der Waals surface area (Å²) in [6.07, 6.45) is 6.96. The molecule has 1 amide bonds. The molecule has 1 aromatic carbocycles. The van der Waals surface area contributed by atoms with Crippen molar-refractivity contribution in [2.24, 2.45) is 5.92 Å². The largest absolute Gasteiger partial charge is 0.350 e. The van der Waals surface area contributed by atoms with Gasteiger partial charge in [0.05, 0.1) is 5.69 Å². The Morgan fingerprint density at radius 2 is 1.97 bits per heavy atom. The summed E-state index contributed by atoms with van der Waals surface area (Å²) in [5.74, 6) is 0.612. The second kappa shape index (κ2) is 9.96. The predicted octanol–water partition coefficient (Wildman–Crippen LogP) is 4.55. The van der Waals surface area contributed by atoms with E-state index in [-0.39, 0.29) is 5.91 Å². The molecule has 3 heterocycles. The van der Waals surface area contributed by atoms with Gasteiger partial charge in [0.2, 0.25) is 0 Å². The van der Waals surface area contributed by atoms with E-state index >= 15 is 0 Å². The standard InChI is InChI=1S/C24H28N4OS/c1-18-22(21-8-5-12-25-16-21)27-24(30-18)23(29)26-13-9-19-10-14-28(15-11-19)17-20-6-3-2-4-7-20/h2-8,12,16,19H,9-11,13-15,17H2,1H3,(H,26,29). The number of rotatable bonds is 7. The van der Waals surface area contributed by atoms with Crippen molar-refractivity contribution in [2.75, 3.05) is 19.6 Å². The van der Waals surface area contributed by atoms with E-state index in [1.807, 2.05) is 19.1 Å². The number of hydrogen-bond donors (Lipinski definition) is 1.